The number of aromatic amines is 1. The monoisotopic (exact) mass is 1370 g/mol. The summed E-state index contributed by atoms with van der Waals surface area (Å²) in [7, 11) is 1.53. The third kappa shape index (κ3) is 30.3. The van der Waals surface area contributed by atoms with E-state index in [9.17, 15) is 28.8 Å². The van der Waals surface area contributed by atoms with Gasteiger partial charge in [-0.1, -0.05) is 213 Å². The molecule has 1 aromatic heterocycles. The van der Waals surface area contributed by atoms with E-state index in [1.165, 1.54) is 204 Å². The van der Waals surface area contributed by atoms with Crippen molar-refractivity contribution in [3.05, 3.63) is 90.2 Å². The van der Waals surface area contributed by atoms with E-state index < -0.39 is 41.8 Å². The number of benzene rings is 2. The van der Waals surface area contributed by atoms with Gasteiger partial charge in [0.2, 0.25) is 5.91 Å². The fourth-order valence-electron chi connectivity index (χ4n) is 13.5. The number of nitrogens with one attached hydrogen (secondary N) is 2. The van der Waals surface area contributed by atoms with Crippen molar-refractivity contribution in [1.82, 2.24) is 29.6 Å². The number of H-pyrrole nitrogens is 1. The van der Waals surface area contributed by atoms with Crippen LogP contribution in [0.5, 0.6) is 11.5 Å². The molecule has 3 aromatic rings. The quantitative estimate of drug-likeness (QED) is 0.0400. The summed E-state index contributed by atoms with van der Waals surface area (Å²) in [4.78, 5) is 85.5. The van der Waals surface area contributed by atoms with Crippen LogP contribution in [0.4, 0.5) is 0 Å². The third-order valence-corrected chi connectivity index (χ3v) is 20.1. The first kappa shape index (κ1) is 83.1. The number of unbranched alkanes of at least 4 members (excludes halogenated alkanes) is 30. The Morgan fingerprint density at radius 1 is 0.480 bits per heavy atom. The Hall–Kier alpha value is -5.56. The number of nitrogens with zero attached hydrogens (tertiary/aromatic N) is 4. The van der Waals surface area contributed by atoms with Crippen LogP contribution in [0.15, 0.2) is 40.1 Å². The molecule has 0 saturated carbocycles. The van der Waals surface area contributed by atoms with E-state index in [1.807, 2.05) is 49.9 Å². The van der Waals surface area contributed by atoms with Crippen LogP contribution in [0.2, 0.25) is 0 Å². The molecule has 1 unspecified atom stereocenters. The van der Waals surface area contributed by atoms with Gasteiger partial charge in [0.15, 0.2) is 12.3 Å². The molecule has 6 rings (SSSR count). The zero-order chi connectivity index (χ0) is 70.7. The molecule has 3 amide bonds. The lowest BCUT2D eigenvalue weighted by Gasteiger charge is -2.35. The van der Waals surface area contributed by atoms with Crippen LogP contribution in [0.1, 0.15) is 300 Å². The number of esters is 1. The molecule has 2 aromatic carbocycles. The topological polar surface area (TPSA) is 200 Å². The van der Waals surface area contributed by atoms with Crippen LogP contribution in [0.25, 0.3) is 0 Å². The summed E-state index contributed by atoms with van der Waals surface area (Å²) in [5.41, 5.74) is 4.80. The molecule has 4 atom stereocenters. The molecule has 3 fully saturated rings. The number of aryl methyl sites for hydroxylation is 3. The molecule has 3 saturated heterocycles. The number of amides is 3. The number of hydrogen-bond donors (Lipinski definition) is 2. The van der Waals surface area contributed by atoms with Crippen molar-refractivity contribution in [2.45, 2.75) is 305 Å². The van der Waals surface area contributed by atoms with Crippen LogP contribution in [0, 0.1) is 34.6 Å². The molecule has 4 heterocycles. The number of carbonyl (C=O) groups excluding carboxylic acids is 4. The molecular formula is C80H132N6O12. The lowest BCUT2D eigenvalue weighted by atomic mass is 10.0. The summed E-state index contributed by atoms with van der Waals surface area (Å²) in [6.07, 6.45) is 41.5. The van der Waals surface area contributed by atoms with Gasteiger partial charge in [-0.05, 0) is 100 Å². The zero-order valence-corrected chi connectivity index (χ0v) is 62.6. The van der Waals surface area contributed by atoms with Gasteiger partial charge in [-0.3, -0.25) is 33.5 Å². The Balaban J connectivity index is 0.000000418. The Morgan fingerprint density at radius 3 is 1.31 bits per heavy atom. The first-order chi connectivity index (χ1) is 47.6. The van der Waals surface area contributed by atoms with E-state index >= 15 is 0 Å². The summed E-state index contributed by atoms with van der Waals surface area (Å²) in [6.45, 7) is 22.7. The maximum Gasteiger partial charge on any atom is 0.330 e. The van der Waals surface area contributed by atoms with Gasteiger partial charge in [-0.15, -0.1) is 0 Å². The molecule has 98 heavy (non-hydrogen) atoms. The summed E-state index contributed by atoms with van der Waals surface area (Å²) < 4.78 is 36.9. The molecule has 3 aliphatic rings. The number of hydrogen-bond acceptors (Lipinski definition) is 13. The van der Waals surface area contributed by atoms with Gasteiger partial charge in [0, 0.05) is 88.8 Å². The maximum absolute atomic E-state index is 13.7. The fraction of sp³-hybridized carbons (Fsp3) is 0.750. The Kier molecular flexibility index (Phi) is 41.6. The van der Waals surface area contributed by atoms with Crippen molar-refractivity contribution in [2.24, 2.45) is 0 Å². The maximum atomic E-state index is 13.7. The predicted octanol–water partition coefficient (Wildman–Crippen LogP) is 16.1. The van der Waals surface area contributed by atoms with Gasteiger partial charge in [0.1, 0.15) is 17.6 Å². The molecule has 0 spiro atoms. The normalized spacial score (nSPS) is 17.1. The molecular weight excluding hydrogens is 1240 g/mol. The standard InChI is InChI=1S/C49H78N4O10.C31H54N2O2/c1-7-9-10-11-12-13-14-15-16-17-18-19-20-21-22-23-30-60-41-34-39(33-36(3)38(41)5)47(57)52-28-26-51(27-29-52)42(54)24-25-43(55)63-44-40(8-2)62-48(45(44)61-32-31-59-6)53-35-37(4)46(56)50-49(53)58;1-4-5-6-7-8-9-10-11-12-13-14-15-16-17-18-19-24-35-30-26-29(25-27(2)28(30)3)31(34)33-22-20-32-21-23-33/h33-35,40,44-45,48H,7-32H2,1-6H3,(H,50,56,58);25-26,32H,4-24H2,1-3H3/t40-,44+,45?,48-;/m1./s1. The van der Waals surface area contributed by atoms with Crippen molar-refractivity contribution in [3.8, 4) is 11.5 Å². The highest BCUT2D eigenvalue weighted by molar-refractivity contribution is 5.96. The van der Waals surface area contributed by atoms with Crippen molar-refractivity contribution in [1.29, 1.82) is 0 Å². The first-order valence-electron chi connectivity index (χ1n) is 38.9. The Bertz CT molecular complexity index is 2860. The highest BCUT2D eigenvalue weighted by Crippen LogP contribution is 2.35. The van der Waals surface area contributed by atoms with E-state index in [0.717, 1.165) is 91.4 Å². The molecule has 0 bridgehead atoms. The number of ether oxygens (including phenoxy) is 6. The number of rotatable bonds is 48. The van der Waals surface area contributed by atoms with Gasteiger partial charge in [-0.2, -0.15) is 0 Å². The highest BCUT2D eigenvalue weighted by Gasteiger charge is 2.48. The SMILES string of the molecule is CCCCCCCCCCCCCCCCCCOc1cc(C(=O)N2CCN(C(=O)CCC(=O)O[C@@H]3C(OCCOC)[C@H](n4cc(C)c(=O)[nH]c4=O)O[C@@H]3CC)CC2)cc(C)c1C.CCCCCCCCCCCCCCCCCCOc1cc(C(=O)N2CCNCC2)cc(C)c1C. The first-order valence-corrected chi connectivity index (χ1v) is 38.9. The lowest BCUT2D eigenvalue weighted by Crippen LogP contribution is -2.50. The summed E-state index contributed by atoms with van der Waals surface area (Å²) in [6, 6.07) is 7.74. The second kappa shape index (κ2) is 49.1. The number of piperazine rings is 2. The third-order valence-electron chi connectivity index (χ3n) is 20.1. The van der Waals surface area contributed by atoms with E-state index in [-0.39, 0.29) is 43.8 Å². The molecule has 3 aliphatic heterocycles. The summed E-state index contributed by atoms with van der Waals surface area (Å²) in [5, 5.41) is 3.31. The van der Waals surface area contributed by atoms with Crippen LogP contribution in [-0.4, -0.2) is 152 Å². The molecule has 554 valence electrons. The highest BCUT2D eigenvalue weighted by atomic mass is 16.6. The Labute approximate surface area is 590 Å². The van der Waals surface area contributed by atoms with Crippen molar-refractivity contribution in [2.75, 3.05) is 85.9 Å². The number of methoxy groups -OCH3 is 1. The number of carbonyl (C=O) groups is 4. The minimum absolute atomic E-state index is 0.0639. The lowest BCUT2D eigenvalue weighted by molar-refractivity contribution is -0.159. The van der Waals surface area contributed by atoms with Crippen molar-refractivity contribution >= 4 is 23.7 Å². The Morgan fingerprint density at radius 2 is 0.888 bits per heavy atom. The average molecular weight is 1370 g/mol. The molecule has 0 aliphatic carbocycles. The molecule has 0 radical (unpaired) electrons. The van der Waals surface area contributed by atoms with E-state index in [4.69, 9.17) is 28.4 Å². The average Bonchev–Trinajstić information content (AvgIpc) is 1.61. The van der Waals surface area contributed by atoms with E-state index in [2.05, 4.69) is 38.0 Å². The number of aromatic nitrogens is 2. The van der Waals surface area contributed by atoms with Crippen molar-refractivity contribution in [3.63, 3.8) is 0 Å². The van der Waals surface area contributed by atoms with Crippen molar-refractivity contribution < 1.29 is 47.6 Å². The summed E-state index contributed by atoms with van der Waals surface area (Å²) >= 11 is 0. The van der Waals surface area contributed by atoms with Crippen LogP contribution >= 0.6 is 0 Å². The smallest absolute Gasteiger partial charge is 0.330 e. The molecule has 18 heteroatoms. The largest absolute Gasteiger partial charge is 0.493 e. The minimum Gasteiger partial charge on any atom is -0.493 e. The van der Waals surface area contributed by atoms with E-state index in [1.54, 1.807) is 16.7 Å². The molecule has 18 nitrogen and oxygen atoms in total. The van der Waals surface area contributed by atoms with Gasteiger partial charge in [0.05, 0.1) is 39.0 Å². The van der Waals surface area contributed by atoms with Crippen LogP contribution in [0.3, 0.4) is 0 Å². The molecule has 2 N–H and O–H groups in total. The van der Waals surface area contributed by atoms with Crippen LogP contribution in [-0.2, 0) is 28.5 Å². The second-order valence-corrected chi connectivity index (χ2v) is 28.1. The van der Waals surface area contributed by atoms with Gasteiger partial charge in [0.25, 0.3) is 17.4 Å². The van der Waals surface area contributed by atoms with Gasteiger partial charge >= 0.3 is 11.7 Å². The zero-order valence-electron chi connectivity index (χ0n) is 62.6. The second-order valence-electron chi connectivity index (χ2n) is 28.1. The minimum atomic E-state index is -0.968. The van der Waals surface area contributed by atoms with Crippen LogP contribution < -0.4 is 26.0 Å². The van der Waals surface area contributed by atoms with Gasteiger partial charge in [-0.25, -0.2) is 4.79 Å². The van der Waals surface area contributed by atoms with Gasteiger partial charge < -0.3 is 48.4 Å². The predicted molar refractivity (Wildman–Crippen MR) is 394 cm³/mol. The summed E-state index contributed by atoms with van der Waals surface area (Å²) in [5.74, 6) is 0.859. The fourth-order valence-corrected chi connectivity index (χ4v) is 13.5. The van der Waals surface area contributed by atoms with E-state index in [0.29, 0.717) is 50.3 Å².